The third-order valence-corrected chi connectivity index (χ3v) is 40.6. The number of hydrogen-bond acceptors (Lipinski definition) is 0. The Morgan fingerprint density at radius 2 is 2.25 bits per heavy atom. The van der Waals surface area contributed by atoms with E-state index in [1.807, 2.05) is 0 Å². The predicted octanol–water partition coefficient (Wildman–Crippen LogP) is -1.98. The van der Waals surface area contributed by atoms with E-state index in [4.69, 9.17) is 22.2 Å². The average Bonchev–Trinajstić information content (AvgIpc) is 1.67. The monoisotopic (exact) mass is 236 g/mol. The molecule has 0 aliphatic carbocycles. The summed E-state index contributed by atoms with van der Waals surface area (Å²) in [6, 6.07) is 0. The molecular formula is H7Cl2FSi5. The molecule has 0 spiro atoms. The van der Waals surface area contributed by atoms with Gasteiger partial charge in [-0.15, -0.1) is 22.2 Å². The highest BCUT2D eigenvalue weighted by Crippen LogP contribution is 1.94. The highest BCUT2D eigenvalue weighted by molar-refractivity contribution is 7.64. The van der Waals surface area contributed by atoms with Gasteiger partial charge in [0, 0.05) is 8.55 Å². The van der Waals surface area contributed by atoms with E-state index < -0.39 is 14.7 Å². The van der Waals surface area contributed by atoms with Crippen LogP contribution >= 0.6 is 22.2 Å². The maximum atomic E-state index is 12.5. The fourth-order valence-corrected chi connectivity index (χ4v) is 56.5. The first-order valence-electron chi connectivity index (χ1n) is 2.32. The minimum absolute atomic E-state index is 0.0821. The van der Waals surface area contributed by atoms with Crippen molar-refractivity contribution in [2.24, 2.45) is 0 Å². The van der Waals surface area contributed by atoms with Crippen molar-refractivity contribution in [1.29, 1.82) is 0 Å². The predicted molar refractivity (Wildman–Crippen MR) is 51.3 cm³/mol. The van der Waals surface area contributed by atoms with Crippen LogP contribution in [0.25, 0.3) is 0 Å². The van der Waals surface area contributed by atoms with Crippen LogP contribution in [0.3, 0.4) is 0 Å². The Morgan fingerprint density at radius 3 is 2.38 bits per heavy atom. The zero-order chi connectivity index (χ0) is 6.57. The van der Waals surface area contributed by atoms with Gasteiger partial charge < -0.3 is 0 Å². The smallest absolute Gasteiger partial charge is 0.273 e. The third-order valence-electron chi connectivity index (χ3n) is 0.608. The van der Waals surface area contributed by atoms with Crippen LogP contribution in [0, 0.1) is 0 Å². The van der Waals surface area contributed by atoms with Crippen molar-refractivity contribution in [2.75, 3.05) is 0 Å². The van der Waals surface area contributed by atoms with Crippen molar-refractivity contribution in [2.45, 2.75) is 0 Å². The summed E-state index contributed by atoms with van der Waals surface area (Å²) in [7, 11) is -0.110. The molecule has 0 N–H and O–H groups in total. The summed E-state index contributed by atoms with van der Waals surface area (Å²) in [4.78, 5) is 0. The summed E-state index contributed by atoms with van der Waals surface area (Å²) >= 11 is 10.9. The van der Waals surface area contributed by atoms with Crippen LogP contribution in [0.1, 0.15) is 0 Å². The Bertz CT molecular complexity index is 88.4. The third kappa shape index (κ3) is 4.47. The van der Waals surface area contributed by atoms with Crippen LogP contribution in [0.2, 0.25) is 0 Å². The van der Waals surface area contributed by atoms with Gasteiger partial charge in [-0.3, -0.25) is 4.11 Å². The Labute approximate surface area is 67.3 Å². The second-order valence-corrected chi connectivity index (χ2v) is 31.1. The van der Waals surface area contributed by atoms with E-state index in [0.29, 0.717) is 0 Å². The highest BCUT2D eigenvalue weighted by Gasteiger charge is 2.08. The van der Waals surface area contributed by atoms with Crippen LogP contribution < -0.4 is 0 Å². The molecule has 0 aliphatic rings. The Hall–Kier alpha value is 1.59. The van der Waals surface area contributed by atoms with E-state index in [2.05, 4.69) is 0 Å². The summed E-state index contributed by atoms with van der Waals surface area (Å²) in [5.74, 6) is 0. The quantitative estimate of drug-likeness (QED) is 0.386. The molecule has 48 valence electrons. The van der Waals surface area contributed by atoms with Gasteiger partial charge in [0.05, 0.1) is 0 Å². The molecule has 0 heterocycles. The first kappa shape index (κ1) is 9.59. The summed E-state index contributed by atoms with van der Waals surface area (Å²) in [6.45, 7) is -1.81. The van der Waals surface area contributed by atoms with Gasteiger partial charge in [0.2, 0.25) is 7.74 Å². The van der Waals surface area contributed by atoms with E-state index in [0.717, 1.165) is 0 Å². The van der Waals surface area contributed by atoms with Gasteiger partial charge in [-0.05, 0) is 17.9 Å². The Morgan fingerprint density at radius 1 is 1.75 bits per heavy atom. The first-order chi connectivity index (χ1) is 3.68. The minimum atomic E-state index is -1.81. The number of hydrogen-bond donors (Lipinski definition) is 0. The molecule has 8 heavy (non-hydrogen) atoms. The lowest BCUT2D eigenvalue weighted by Gasteiger charge is -1.87. The van der Waals surface area contributed by atoms with E-state index >= 15 is 0 Å². The molecule has 0 unspecified atom stereocenters. The van der Waals surface area contributed by atoms with Gasteiger partial charge >= 0.3 is 0 Å². The maximum absolute atomic E-state index is 12.5. The van der Waals surface area contributed by atoms with Crippen LogP contribution in [-0.4, -0.2) is 41.1 Å². The van der Waals surface area contributed by atoms with Crippen LogP contribution in [0.4, 0.5) is 4.11 Å². The Balaban J connectivity index is 3.61. The highest BCUT2D eigenvalue weighted by atomic mass is 35.7. The molecule has 0 saturated carbocycles. The topological polar surface area (TPSA) is 0 Å². The molecule has 0 rings (SSSR count). The summed E-state index contributed by atoms with van der Waals surface area (Å²) in [6.07, 6.45) is 0. The fraction of sp³-hybridized carbons (Fsp3) is 0. The zero-order valence-corrected chi connectivity index (χ0v) is 12.7. The van der Waals surface area contributed by atoms with Crippen LogP contribution in [-0.2, 0) is 0 Å². The van der Waals surface area contributed by atoms with Crippen molar-refractivity contribution in [3.63, 3.8) is 0 Å². The Kier molecular flexibility index (Phi) is 6.46. The molecule has 8 heteroatoms. The molecule has 0 amide bonds. The molecule has 0 saturated heterocycles. The number of rotatable bonds is 2. The number of halogens is 3. The summed E-state index contributed by atoms with van der Waals surface area (Å²) < 4.78 is 12.5. The zero-order valence-electron chi connectivity index (χ0n) is 4.50. The van der Waals surface area contributed by atoms with Crippen molar-refractivity contribution in [1.82, 2.24) is 0 Å². The molecule has 0 radical (unpaired) electrons. The minimum Gasteiger partial charge on any atom is -0.291 e. The second-order valence-electron chi connectivity index (χ2n) is 1.30. The lowest BCUT2D eigenvalue weighted by Crippen LogP contribution is -2.18. The summed E-state index contributed by atoms with van der Waals surface area (Å²) in [5.41, 5.74) is 0. The van der Waals surface area contributed by atoms with Gasteiger partial charge in [0.25, 0.3) is 6.93 Å². The normalized spacial score (nSPS) is 14.8. The molecular weight excluding hydrogens is 230 g/mol. The molecule has 0 nitrogen and oxygen atoms in total. The van der Waals surface area contributed by atoms with Gasteiger partial charge in [-0.2, -0.15) is 0 Å². The van der Waals surface area contributed by atoms with Crippen molar-refractivity contribution in [3.8, 4) is 0 Å². The largest absolute Gasteiger partial charge is 0.291 e. The lowest BCUT2D eigenvalue weighted by atomic mass is 18.9. The summed E-state index contributed by atoms with van der Waals surface area (Å²) in [5, 5.41) is 0. The van der Waals surface area contributed by atoms with E-state index in [9.17, 15) is 4.11 Å². The van der Waals surface area contributed by atoms with Crippen LogP contribution in [0.5, 0.6) is 0 Å². The lowest BCUT2D eigenvalue weighted by molar-refractivity contribution is 0.888. The first-order valence-corrected chi connectivity index (χ1v) is 19.7. The molecule has 0 aromatic heterocycles. The molecule has 0 aliphatic heterocycles. The second kappa shape index (κ2) is 5.38. The van der Waals surface area contributed by atoms with E-state index in [1.165, 1.54) is 9.76 Å². The van der Waals surface area contributed by atoms with Gasteiger partial charge in [0.1, 0.15) is 0 Å². The van der Waals surface area contributed by atoms with Crippen molar-refractivity contribution in [3.05, 3.63) is 0 Å². The maximum Gasteiger partial charge on any atom is 0.273 e. The van der Waals surface area contributed by atoms with Crippen molar-refractivity contribution >= 4 is 63.3 Å². The average molecular weight is 237 g/mol. The van der Waals surface area contributed by atoms with Crippen LogP contribution in [0.15, 0.2) is 0 Å². The molecule has 0 atom stereocenters. The fourth-order valence-electron chi connectivity index (χ4n) is 0.284. The molecule has 0 aromatic rings. The van der Waals surface area contributed by atoms with Crippen molar-refractivity contribution < 1.29 is 4.11 Å². The van der Waals surface area contributed by atoms with Gasteiger partial charge in [0.15, 0.2) is 0 Å². The molecule has 0 aromatic carbocycles. The van der Waals surface area contributed by atoms with E-state index in [-0.39, 0.29) is 16.7 Å². The standard InChI is InChI=1S/Cl2FH7Si5/c1-7(2)8(3)6-5-4/h6-7H,5H2,4H3. The SMILES string of the molecule is F[Si](=[SiH][SiH2][SiH3])[SiH](Cl)Cl. The van der Waals surface area contributed by atoms with E-state index in [1.54, 1.807) is 0 Å². The molecule has 0 bridgehead atoms. The molecule has 0 fully saturated rings. The van der Waals surface area contributed by atoms with Gasteiger partial charge in [-0.1, -0.05) is 0 Å². The van der Waals surface area contributed by atoms with Gasteiger partial charge in [-0.25, -0.2) is 0 Å².